The smallest absolute Gasteiger partial charge is 0.128 e. The van der Waals surface area contributed by atoms with Gasteiger partial charge in [0, 0.05) is 43.6 Å². The summed E-state index contributed by atoms with van der Waals surface area (Å²) in [5.74, 6) is 1.04. The SMILES string of the molecule is Cc1[nH]ncc1CNCc1ccnc(N2CCOCC2)c1. The highest BCUT2D eigenvalue weighted by molar-refractivity contribution is 5.41. The molecule has 2 N–H and O–H groups in total. The molecule has 6 heteroatoms. The van der Waals surface area contributed by atoms with E-state index >= 15 is 0 Å². The zero-order valence-corrected chi connectivity index (χ0v) is 12.3. The maximum Gasteiger partial charge on any atom is 0.128 e. The number of aromatic amines is 1. The van der Waals surface area contributed by atoms with Crippen molar-refractivity contribution in [3.8, 4) is 0 Å². The van der Waals surface area contributed by atoms with Gasteiger partial charge >= 0.3 is 0 Å². The minimum atomic E-state index is 0.782. The third-order valence-electron chi connectivity index (χ3n) is 3.72. The van der Waals surface area contributed by atoms with Crippen molar-refractivity contribution >= 4 is 5.82 Å². The summed E-state index contributed by atoms with van der Waals surface area (Å²) in [6.07, 6.45) is 3.75. The summed E-state index contributed by atoms with van der Waals surface area (Å²) in [5, 5.41) is 10.4. The lowest BCUT2D eigenvalue weighted by Crippen LogP contribution is -2.36. The van der Waals surface area contributed by atoms with Crippen LogP contribution in [0.15, 0.2) is 24.5 Å². The first kappa shape index (κ1) is 14.0. The highest BCUT2D eigenvalue weighted by atomic mass is 16.5. The van der Waals surface area contributed by atoms with Crippen molar-refractivity contribution in [3.63, 3.8) is 0 Å². The number of hydrogen-bond acceptors (Lipinski definition) is 5. The van der Waals surface area contributed by atoms with E-state index in [1.165, 1.54) is 11.1 Å². The number of rotatable bonds is 5. The Balaban J connectivity index is 1.57. The van der Waals surface area contributed by atoms with Gasteiger partial charge in [-0.15, -0.1) is 0 Å². The van der Waals surface area contributed by atoms with Gasteiger partial charge < -0.3 is 15.0 Å². The summed E-state index contributed by atoms with van der Waals surface area (Å²) in [4.78, 5) is 6.73. The van der Waals surface area contributed by atoms with Gasteiger partial charge in [-0.2, -0.15) is 5.10 Å². The maximum absolute atomic E-state index is 5.38. The second-order valence-electron chi connectivity index (χ2n) is 5.25. The van der Waals surface area contributed by atoms with Gasteiger partial charge in [0.25, 0.3) is 0 Å². The molecule has 112 valence electrons. The molecule has 0 spiro atoms. The molecule has 1 aliphatic rings. The van der Waals surface area contributed by atoms with Gasteiger partial charge in [-0.1, -0.05) is 0 Å². The van der Waals surface area contributed by atoms with Crippen molar-refractivity contribution in [1.82, 2.24) is 20.5 Å². The molecule has 6 nitrogen and oxygen atoms in total. The largest absolute Gasteiger partial charge is 0.378 e. The van der Waals surface area contributed by atoms with Crippen LogP contribution in [0.5, 0.6) is 0 Å². The molecule has 1 saturated heterocycles. The predicted octanol–water partition coefficient (Wildman–Crippen LogP) is 1.24. The number of nitrogens with one attached hydrogen (secondary N) is 2. The number of nitrogens with zero attached hydrogens (tertiary/aromatic N) is 3. The number of ether oxygens (including phenoxy) is 1. The Labute approximate surface area is 124 Å². The number of aromatic nitrogens is 3. The third kappa shape index (κ3) is 3.59. The molecule has 1 aliphatic heterocycles. The molecule has 0 saturated carbocycles. The zero-order chi connectivity index (χ0) is 14.5. The molecule has 0 aromatic carbocycles. The first-order valence-corrected chi connectivity index (χ1v) is 7.30. The second kappa shape index (κ2) is 6.69. The van der Waals surface area contributed by atoms with Crippen molar-refractivity contribution in [2.24, 2.45) is 0 Å². The lowest BCUT2D eigenvalue weighted by atomic mass is 10.2. The van der Waals surface area contributed by atoms with Crippen LogP contribution < -0.4 is 10.2 Å². The van der Waals surface area contributed by atoms with Gasteiger partial charge in [-0.3, -0.25) is 5.10 Å². The quantitative estimate of drug-likeness (QED) is 0.866. The van der Waals surface area contributed by atoms with Crippen LogP contribution in [0.2, 0.25) is 0 Å². The number of hydrogen-bond donors (Lipinski definition) is 2. The van der Waals surface area contributed by atoms with E-state index in [2.05, 4.69) is 37.5 Å². The highest BCUT2D eigenvalue weighted by Gasteiger charge is 2.12. The van der Waals surface area contributed by atoms with Gasteiger partial charge in [0.05, 0.1) is 19.4 Å². The van der Waals surface area contributed by atoms with Gasteiger partial charge in [-0.05, 0) is 24.6 Å². The molecule has 3 heterocycles. The van der Waals surface area contributed by atoms with Gasteiger partial charge in [0.15, 0.2) is 0 Å². The Morgan fingerprint density at radius 3 is 2.95 bits per heavy atom. The lowest BCUT2D eigenvalue weighted by Gasteiger charge is -2.28. The fraction of sp³-hybridized carbons (Fsp3) is 0.467. The molecular formula is C15H21N5O. The number of morpholine rings is 1. The minimum Gasteiger partial charge on any atom is -0.378 e. The topological polar surface area (TPSA) is 66.1 Å². The minimum absolute atomic E-state index is 0.782. The van der Waals surface area contributed by atoms with Gasteiger partial charge in [0.2, 0.25) is 0 Å². The summed E-state index contributed by atoms with van der Waals surface area (Å²) in [7, 11) is 0. The van der Waals surface area contributed by atoms with Crippen LogP contribution in [-0.2, 0) is 17.8 Å². The van der Waals surface area contributed by atoms with Crippen molar-refractivity contribution in [2.45, 2.75) is 20.0 Å². The molecule has 2 aromatic rings. The average molecular weight is 287 g/mol. The van der Waals surface area contributed by atoms with Crippen molar-refractivity contribution in [1.29, 1.82) is 0 Å². The van der Waals surface area contributed by atoms with E-state index in [-0.39, 0.29) is 0 Å². The molecule has 0 aliphatic carbocycles. The first-order valence-electron chi connectivity index (χ1n) is 7.30. The van der Waals surface area contributed by atoms with E-state index < -0.39 is 0 Å². The van der Waals surface area contributed by atoms with Crippen LogP contribution in [0.3, 0.4) is 0 Å². The zero-order valence-electron chi connectivity index (χ0n) is 12.3. The van der Waals surface area contributed by atoms with Crippen LogP contribution in [0, 0.1) is 6.92 Å². The molecule has 2 aromatic heterocycles. The van der Waals surface area contributed by atoms with E-state index in [4.69, 9.17) is 4.74 Å². The summed E-state index contributed by atoms with van der Waals surface area (Å²) >= 11 is 0. The van der Waals surface area contributed by atoms with Crippen LogP contribution in [0.4, 0.5) is 5.82 Å². The predicted molar refractivity (Wildman–Crippen MR) is 81.1 cm³/mol. The molecule has 0 amide bonds. The van der Waals surface area contributed by atoms with Gasteiger partial charge in [0.1, 0.15) is 5.82 Å². The summed E-state index contributed by atoms with van der Waals surface area (Å²) in [6, 6.07) is 4.21. The molecule has 0 radical (unpaired) electrons. The molecule has 1 fully saturated rings. The van der Waals surface area contributed by atoms with E-state index in [9.17, 15) is 0 Å². The Kier molecular flexibility index (Phi) is 4.47. The number of anilines is 1. The van der Waals surface area contributed by atoms with Crippen LogP contribution in [0.1, 0.15) is 16.8 Å². The summed E-state index contributed by atoms with van der Waals surface area (Å²) < 4.78 is 5.38. The lowest BCUT2D eigenvalue weighted by molar-refractivity contribution is 0.122. The molecule has 0 atom stereocenters. The summed E-state index contributed by atoms with van der Waals surface area (Å²) in [6.45, 7) is 7.07. The normalized spacial score (nSPS) is 15.4. The Morgan fingerprint density at radius 2 is 2.19 bits per heavy atom. The van der Waals surface area contributed by atoms with E-state index in [1.807, 2.05) is 19.3 Å². The third-order valence-corrected chi connectivity index (χ3v) is 3.72. The van der Waals surface area contributed by atoms with Crippen molar-refractivity contribution in [3.05, 3.63) is 41.3 Å². The number of H-pyrrole nitrogens is 1. The average Bonchev–Trinajstić information content (AvgIpc) is 2.94. The number of aryl methyl sites for hydroxylation is 1. The molecule has 0 unspecified atom stereocenters. The van der Waals surface area contributed by atoms with Crippen LogP contribution >= 0.6 is 0 Å². The van der Waals surface area contributed by atoms with E-state index in [0.717, 1.165) is 50.9 Å². The maximum atomic E-state index is 5.38. The molecule has 3 rings (SSSR count). The monoisotopic (exact) mass is 287 g/mol. The second-order valence-corrected chi connectivity index (χ2v) is 5.25. The summed E-state index contributed by atoms with van der Waals surface area (Å²) in [5.41, 5.74) is 3.57. The van der Waals surface area contributed by atoms with Crippen LogP contribution in [-0.4, -0.2) is 41.5 Å². The van der Waals surface area contributed by atoms with Crippen molar-refractivity contribution < 1.29 is 4.74 Å². The Morgan fingerprint density at radius 1 is 1.33 bits per heavy atom. The van der Waals surface area contributed by atoms with E-state index in [0.29, 0.717) is 0 Å². The first-order chi connectivity index (χ1) is 10.3. The fourth-order valence-corrected chi connectivity index (χ4v) is 2.43. The highest BCUT2D eigenvalue weighted by Crippen LogP contribution is 2.14. The Bertz CT molecular complexity index is 577. The standard InChI is InChI=1S/C15H21N5O/c1-12-14(11-18-19-12)10-16-9-13-2-3-17-15(8-13)20-4-6-21-7-5-20/h2-3,8,11,16H,4-7,9-10H2,1H3,(H,18,19). The van der Waals surface area contributed by atoms with Crippen molar-refractivity contribution in [2.75, 3.05) is 31.2 Å². The molecule has 0 bridgehead atoms. The van der Waals surface area contributed by atoms with Crippen LogP contribution in [0.25, 0.3) is 0 Å². The Hall–Kier alpha value is -1.92. The van der Waals surface area contributed by atoms with E-state index in [1.54, 1.807) is 0 Å². The molecular weight excluding hydrogens is 266 g/mol. The fourth-order valence-electron chi connectivity index (χ4n) is 2.43. The molecule has 21 heavy (non-hydrogen) atoms. The number of pyridine rings is 1. The van der Waals surface area contributed by atoms with Gasteiger partial charge in [-0.25, -0.2) is 4.98 Å².